The van der Waals surface area contributed by atoms with Crippen molar-refractivity contribution < 1.29 is 14.3 Å². The van der Waals surface area contributed by atoms with E-state index < -0.39 is 0 Å². The van der Waals surface area contributed by atoms with Crippen molar-refractivity contribution in [3.8, 4) is 0 Å². The summed E-state index contributed by atoms with van der Waals surface area (Å²) in [6.45, 7) is 3.91. The van der Waals surface area contributed by atoms with Crippen molar-refractivity contribution in [1.29, 1.82) is 0 Å². The van der Waals surface area contributed by atoms with Crippen molar-refractivity contribution in [2.45, 2.75) is 32.2 Å². The van der Waals surface area contributed by atoms with E-state index in [1.165, 1.54) is 35.3 Å². The third-order valence-corrected chi connectivity index (χ3v) is 6.38. The number of esters is 1. The summed E-state index contributed by atoms with van der Waals surface area (Å²) in [7, 11) is 1.38. The van der Waals surface area contributed by atoms with Crippen LogP contribution in [0.25, 0.3) is 17.0 Å². The minimum atomic E-state index is -0.352. The van der Waals surface area contributed by atoms with Crippen LogP contribution in [0.5, 0.6) is 0 Å². The topological polar surface area (TPSA) is 74.4 Å². The summed E-state index contributed by atoms with van der Waals surface area (Å²) < 4.78 is 4.69. The molecule has 0 saturated heterocycles. The molecule has 2 N–H and O–H groups in total. The summed E-state index contributed by atoms with van der Waals surface area (Å²) >= 11 is 0. The number of aryl methyl sites for hydroxylation is 1. The van der Waals surface area contributed by atoms with Crippen LogP contribution in [-0.2, 0) is 27.2 Å². The molecule has 1 atom stereocenters. The van der Waals surface area contributed by atoms with Crippen LogP contribution in [0.4, 0.5) is 0 Å². The van der Waals surface area contributed by atoms with E-state index in [1.807, 2.05) is 6.07 Å². The van der Waals surface area contributed by atoms with Gasteiger partial charge < -0.3 is 15.0 Å². The van der Waals surface area contributed by atoms with Gasteiger partial charge in [-0.15, -0.1) is 0 Å². The highest BCUT2D eigenvalue weighted by atomic mass is 16.5. The molecule has 1 unspecified atom stereocenters. The van der Waals surface area contributed by atoms with E-state index in [9.17, 15) is 9.59 Å². The molecule has 1 amide bonds. The summed E-state index contributed by atoms with van der Waals surface area (Å²) in [6, 6.07) is 15.1. The molecule has 0 fully saturated rings. The first-order valence-corrected chi connectivity index (χ1v) is 11.5. The van der Waals surface area contributed by atoms with E-state index in [0.29, 0.717) is 12.6 Å². The number of benzene rings is 2. The second kappa shape index (κ2) is 10.5. The van der Waals surface area contributed by atoms with E-state index >= 15 is 0 Å². The Hall–Kier alpha value is -3.38. The standard InChI is InChI=1S/C27H31N3O3/c1-19(31)28-14-16-30(15-13-22-18-29-25-6-4-3-5-23(22)25)26-11-9-21-17-20(7-10-24(21)26)8-12-27(32)33-2/h3-8,10,12,17-18,26,29H,9,11,13-16H2,1-2H3,(H,28,31)/b12-8+. The first-order chi connectivity index (χ1) is 16.0. The highest BCUT2D eigenvalue weighted by Crippen LogP contribution is 2.36. The van der Waals surface area contributed by atoms with E-state index in [0.717, 1.165) is 43.4 Å². The highest BCUT2D eigenvalue weighted by molar-refractivity contribution is 5.87. The number of amides is 1. The number of aromatic amines is 1. The number of carbonyl (C=O) groups excluding carboxylic acids is 2. The lowest BCUT2D eigenvalue weighted by Gasteiger charge is -2.30. The Balaban J connectivity index is 1.51. The summed E-state index contributed by atoms with van der Waals surface area (Å²) in [4.78, 5) is 28.7. The summed E-state index contributed by atoms with van der Waals surface area (Å²) in [5.41, 5.74) is 6.15. The predicted molar refractivity (Wildman–Crippen MR) is 131 cm³/mol. The third-order valence-electron chi connectivity index (χ3n) is 6.38. The molecule has 0 bridgehead atoms. The van der Waals surface area contributed by atoms with Gasteiger partial charge in [0, 0.05) is 55.8 Å². The first-order valence-electron chi connectivity index (χ1n) is 11.5. The Kier molecular flexibility index (Phi) is 7.25. The normalized spacial score (nSPS) is 15.3. The number of para-hydroxylation sites is 1. The Morgan fingerprint density at radius 2 is 2.06 bits per heavy atom. The number of carbonyl (C=O) groups is 2. The molecule has 172 valence electrons. The minimum absolute atomic E-state index is 0.000403. The molecular weight excluding hydrogens is 414 g/mol. The van der Waals surface area contributed by atoms with Gasteiger partial charge in [0.1, 0.15) is 0 Å². The molecule has 6 nitrogen and oxygen atoms in total. The Morgan fingerprint density at radius 3 is 2.88 bits per heavy atom. The zero-order chi connectivity index (χ0) is 23.2. The molecule has 0 radical (unpaired) electrons. The number of rotatable bonds is 9. The predicted octanol–water partition coefficient (Wildman–Crippen LogP) is 4.02. The molecule has 1 aliphatic carbocycles. The van der Waals surface area contributed by atoms with Crippen molar-refractivity contribution in [3.63, 3.8) is 0 Å². The number of hydrogen-bond acceptors (Lipinski definition) is 4. The van der Waals surface area contributed by atoms with E-state index in [2.05, 4.69) is 62.5 Å². The Bertz CT molecular complexity index is 1160. The van der Waals surface area contributed by atoms with Crippen LogP contribution >= 0.6 is 0 Å². The first kappa shape index (κ1) is 22.8. The lowest BCUT2D eigenvalue weighted by atomic mass is 10.0. The maximum Gasteiger partial charge on any atom is 0.330 e. The van der Waals surface area contributed by atoms with Crippen molar-refractivity contribution in [2.24, 2.45) is 0 Å². The van der Waals surface area contributed by atoms with Crippen molar-refractivity contribution in [3.05, 3.63) is 77.0 Å². The number of H-pyrrole nitrogens is 1. The SMILES string of the molecule is COC(=O)/C=C/c1ccc2c(c1)CCC2N(CCNC(C)=O)CCc1c[nH]c2ccccc12. The number of nitrogens with one attached hydrogen (secondary N) is 2. The molecule has 0 aliphatic heterocycles. The van der Waals surface area contributed by atoms with Crippen molar-refractivity contribution >= 4 is 28.9 Å². The van der Waals surface area contributed by atoms with Gasteiger partial charge in [0.25, 0.3) is 0 Å². The molecule has 2 aromatic carbocycles. The summed E-state index contributed by atoms with van der Waals surface area (Å²) in [5, 5.41) is 4.22. The maximum absolute atomic E-state index is 11.4. The molecule has 0 saturated carbocycles. The molecule has 3 aromatic rings. The minimum Gasteiger partial charge on any atom is -0.466 e. The molecule has 4 rings (SSSR count). The molecular formula is C27H31N3O3. The van der Waals surface area contributed by atoms with Crippen LogP contribution < -0.4 is 5.32 Å². The number of ether oxygens (including phenoxy) is 1. The lowest BCUT2D eigenvalue weighted by Crippen LogP contribution is -2.37. The van der Waals surface area contributed by atoms with Crippen LogP contribution in [0.3, 0.4) is 0 Å². The Morgan fingerprint density at radius 1 is 1.21 bits per heavy atom. The Labute approximate surface area is 194 Å². The quantitative estimate of drug-likeness (QED) is 0.385. The van der Waals surface area contributed by atoms with E-state index in [-0.39, 0.29) is 11.9 Å². The van der Waals surface area contributed by atoms with Gasteiger partial charge in [-0.3, -0.25) is 9.69 Å². The van der Waals surface area contributed by atoms with Gasteiger partial charge in [0.15, 0.2) is 0 Å². The average Bonchev–Trinajstić information content (AvgIpc) is 3.43. The van der Waals surface area contributed by atoms with Crippen molar-refractivity contribution in [2.75, 3.05) is 26.7 Å². The fourth-order valence-corrected chi connectivity index (χ4v) is 4.73. The van der Waals surface area contributed by atoms with Crippen LogP contribution in [-0.4, -0.2) is 48.5 Å². The summed E-state index contributed by atoms with van der Waals surface area (Å²) in [6.07, 6.45) is 8.35. The third kappa shape index (κ3) is 5.52. The molecule has 0 spiro atoms. The van der Waals surface area contributed by atoms with Gasteiger partial charge in [0.2, 0.25) is 5.91 Å². The van der Waals surface area contributed by atoms with Gasteiger partial charge in [0.05, 0.1) is 7.11 Å². The largest absolute Gasteiger partial charge is 0.466 e. The molecule has 6 heteroatoms. The second-order valence-corrected chi connectivity index (χ2v) is 8.50. The number of hydrogen-bond donors (Lipinski definition) is 2. The van der Waals surface area contributed by atoms with Crippen LogP contribution in [0.1, 0.15) is 41.6 Å². The molecule has 33 heavy (non-hydrogen) atoms. The van der Waals surface area contributed by atoms with Gasteiger partial charge in [-0.05, 0) is 53.7 Å². The van der Waals surface area contributed by atoms with Crippen LogP contribution in [0, 0.1) is 0 Å². The molecule has 1 aliphatic rings. The fraction of sp³-hybridized carbons (Fsp3) is 0.333. The van der Waals surface area contributed by atoms with Crippen LogP contribution in [0.2, 0.25) is 0 Å². The smallest absolute Gasteiger partial charge is 0.330 e. The molecule has 1 heterocycles. The average molecular weight is 446 g/mol. The van der Waals surface area contributed by atoms with Gasteiger partial charge in [-0.25, -0.2) is 4.79 Å². The zero-order valence-corrected chi connectivity index (χ0v) is 19.3. The van der Waals surface area contributed by atoms with Crippen LogP contribution in [0.15, 0.2) is 54.7 Å². The lowest BCUT2D eigenvalue weighted by molar-refractivity contribution is -0.134. The second-order valence-electron chi connectivity index (χ2n) is 8.50. The number of aromatic nitrogens is 1. The van der Waals surface area contributed by atoms with Gasteiger partial charge in [-0.2, -0.15) is 0 Å². The van der Waals surface area contributed by atoms with E-state index in [1.54, 1.807) is 13.0 Å². The fourth-order valence-electron chi connectivity index (χ4n) is 4.73. The summed E-state index contributed by atoms with van der Waals surface area (Å²) in [5.74, 6) is -0.352. The van der Waals surface area contributed by atoms with Gasteiger partial charge >= 0.3 is 5.97 Å². The number of fused-ring (bicyclic) bond motifs is 2. The monoisotopic (exact) mass is 445 g/mol. The van der Waals surface area contributed by atoms with Gasteiger partial charge in [-0.1, -0.05) is 36.4 Å². The van der Waals surface area contributed by atoms with E-state index in [4.69, 9.17) is 0 Å². The number of nitrogens with zero attached hydrogens (tertiary/aromatic N) is 1. The maximum atomic E-state index is 11.4. The van der Waals surface area contributed by atoms with Crippen molar-refractivity contribution in [1.82, 2.24) is 15.2 Å². The molecule has 1 aromatic heterocycles. The number of methoxy groups -OCH3 is 1. The highest BCUT2D eigenvalue weighted by Gasteiger charge is 2.28. The zero-order valence-electron chi connectivity index (χ0n) is 19.3.